The summed E-state index contributed by atoms with van der Waals surface area (Å²) in [6.07, 6.45) is 0.874. The van der Waals surface area contributed by atoms with Crippen LogP contribution in [0.4, 0.5) is 0 Å². The lowest BCUT2D eigenvalue weighted by Gasteiger charge is -2.19. The van der Waals surface area contributed by atoms with E-state index in [4.69, 9.17) is 16.3 Å². The molecule has 2 aromatic rings. The molecule has 0 spiro atoms. The van der Waals surface area contributed by atoms with Crippen LogP contribution in [0.2, 0.25) is 5.02 Å². The highest BCUT2D eigenvalue weighted by atomic mass is 35.5. The molecular weight excluding hydrogens is 294 g/mol. The van der Waals surface area contributed by atoms with Crippen LogP contribution in [0.5, 0.6) is 5.75 Å². The normalized spacial score (nSPS) is 14.7. The van der Waals surface area contributed by atoms with Crippen molar-refractivity contribution in [3.05, 3.63) is 51.2 Å². The maximum atomic E-state index is 12.1. The second-order valence-corrected chi connectivity index (χ2v) is 6.15. The molecule has 0 saturated heterocycles. The molecule has 104 valence electrons. The second kappa shape index (κ2) is 5.85. The monoisotopic (exact) mass is 307 g/mol. The SMILES string of the molecule is O=C1COc2ccc(Cl)cc2CN1CCc1cccs1. The predicted octanol–water partition coefficient (Wildman–Crippen LogP) is 3.37. The molecule has 2 heterocycles. The van der Waals surface area contributed by atoms with Crippen molar-refractivity contribution in [2.75, 3.05) is 13.2 Å². The molecule has 0 saturated carbocycles. The minimum absolute atomic E-state index is 0.0221. The van der Waals surface area contributed by atoms with Crippen LogP contribution in [0.25, 0.3) is 0 Å². The van der Waals surface area contributed by atoms with Crippen molar-refractivity contribution in [1.82, 2.24) is 4.90 Å². The first-order valence-electron chi connectivity index (χ1n) is 6.44. The van der Waals surface area contributed by atoms with Crippen LogP contribution in [0.15, 0.2) is 35.7 Å². The lowest BCUT2D eigenvalue weighted by molar-refractivity contribution is -0.133. The van der Waals surface area contributed by atoms with Crippen LogP contribution in [-0.2, 0) is 17.8 Å². The molecular formula is C15H14ClNO2S. The highest BCUT2D eigenvalue weighted by Gasteiger charge is 2.21. The number of nitrogens with zero attached hydrogens (tertiary/aromatic N) is 1. The summed E-state index contributed by atoms with van der Waals surface area (Å²) in [6, 6.07) is 9.60. The topological polar surface area (TPSA) is 29.5 Å². The fourth-order valence-corrected chi connectivity index (χ4v) is 3.13. The van der Waals surface area contributed by atoms with E-state index in [0.717, 1.165) is 17.7 Å². The minimum atomic E-state index is 0.0221. The Labute approximate surface area is 126 Å². The van der Waals surface area contributed by atoms with Crippen LogP contribution in [0.1, 0.15) is 10.4 Å². The Morgan fingerprint density at radius 3 is 3.05 bits per heavy atom. The lowest BCUT2D eigenvalue weighted by atomic mass is 10.2. The third-order valence-electron chi connectivity index (χ3n) is 3.30. The van der Waals surface area contributed by atoms with Crippen LogP contribution in [0, 0.1) is 0 Å². The molecule has 1 aromatic carbocycles. The van der Waals surface area contributed by atoms with E-state index in [1.807, 2.05) is 23.1 Å². The number of benzene rings is 1. The predicted molar refractivity (Wildman–Crippen MR) is 80.4 cm³/mol. The second-order valence-electron chi connectivity index (χ2n) is 4.69. The van der Waals surface area contributed by atoms with Crippen molar-refractivity contribution < 1.29 is 9.53 Å². The molecule has 3 rings (SSSR count). The molecule has 0 N–H and O–H groups in total. The first kappa shape index (κ1) is 13.5. The molecule has 1 aliphatic heterocycles. The number of halogens is 1. The van der Waals surface area contributed by atoms with E-state index < -0.39 is 0 Å². The van der Waals surface area contributed by atoms with Crippen molar-refractivity contribution in [3.63, 3.8) is 0 Å². The number of hydrogen-bond acceptors (Lipinski definition) is 3. The zero-order chi connectivity index (χ0) is 13.9. The number of fused-ring (bicyclic) bond motifs is 1. The summed E-state index contributed by atoms with van der Waals surface area (Å²) in [5, 5.41) is 2.72. The van der Waals surface area contributed by atoms with Gasteiger partial charge in [-0.25, -0.2) is 0 Å². The zero-order valence-corrected chi connectivity index (χ0v) is 12.4. The van der Waals surface area contributed by atoms with Gasteiger partial charge in [0.25, 0.3) is 5.91 Å². The Balaban J connectivity index is 1.75. The summed E-state index contributed by atoms with van der Waals surface area (Å²) in [7, 11) is 0. The number of amides is 1. The zero-order valence-electron chi connectivity index (χ0n) is 10.8. The Morgan fingerprint density at radius 2 is 2.25 bits per heavy atom. The number of carbonyl (C=O) groups is 1. The van der Waals surface area contributed by atoms with Crippen molar-refractivity contribution >= 4 is 28.8 Å². The fourth-order valence-electron chi connectivity index (χ4n) is 2.24. The Hall–Kier alpha value is -1.52. The van der Waals surface area contributed by atoms with Crippen LogP contribution in [-0.4, -0.2) is 24.0 Å². The van der Waals surface area contributed by atoms with Gasteiger partial charge in [-0.2, -0.15) is 0 Å². The third-order valence-corrected chi connectivity index (χ3v) is 4.47. The van der Waals surface area contributed by atoms with Gasteiger partial charge in [0.1, 0.15) is 5.75 Å². The van der Waals surface area contributed by atoms with Gasteiger partial charge in [0.2, 0.25) is 0 Å². The quantitative estimate of drug-likeness (QED) is 0.870. The third kappa shape index (κ3) is 2.97. The molecule has 0 radical (unpaired) electrons. The molecule has 0 fully saturated rings. The average Bonchev–Trinajstić information content (AvgIpc) is 2.90. The van der Waals surface area contributed by atoms with Gasteiger partial charge in [-0.15, -0.1) is 11.3 Å². The largest absolute Gasteiger partial charge is 0.483 e. The first-order valence-corrected chi connectivity index (χ1v) is 7.69. The van der Waals surface area contributed by atoms with Crippen molar-refractivity contribution in [3.8, 4) is 5.75 Å². The van der Waals surface area contributed by atoms with E-state index in [9.17, 15) is 4.79 Å². The van der Waals surface area contributed by atoms with Gasteiger partial charge < -0.3 is 9.64 Å². The van der Waals surface area contributed by atoms with E-state index in [2.05, 4.69) is 11.4 Å². The average molecular weight is 308 g/mol. The molecule has 20 heavy (non-hydrogen) atoms. The maximum absolute atomic E-state index is 12.1. The van der Waals surface area contributed by atoms with E-state index in [1.165, 1.54) is 4.88 Å². The van der Waals surface area contributed by atoms with Crippen LogP contribution < -0.4 is 4.74 Å². The first-order chi connectivity index (χ1) is 9.72. The molecule has 1 aliphatic rings. The maximum Gasteiger partial charge on any atom is 0.260 e. The van der Waals surface area contributed by atoms with Gasteiger partial charge >= 0.3 is 0 Å². The van der Waals surface area contributed by atoms with Gasteiger partial charge in [-0.3, -0.25) is 4.79 Å². The summed E-state index contributed by atoms with van der Waals surface area (Å²) < 4.78 is 5.54. The molecule has 1 amide bonds. The van der Waals surface area contributed by atoms with E-state index >= 15 is 0 Å². The standard InChI is InChI=1S/C15H14ClNO2S/c16-12-3-4-14-11(8-12)9-17(15(18)10-19-14)6-5-13-2-1-7-20-13/h1-4,7-8H,5-6,9-10H2. The van der Waals surface area contributed by atoms with E-state index in [-0.39, 0.29) is 12.5 Å². The molecule has 0 unspecified atom stereocenters. The van der Waals surface area contributed by atoms with Crippen LogP contribution in [0.3, 0.4) is 0 Å². The van der Waals surface area contributed by atoms with Gasteiger partial charge in [-0.05, 0) is 36.1 Å². The van der Waals surface area contributed by atoms with E-state index in [0.29, 0.717) is 18.1 Å². The highest BCUT2D eigenvalue weighted by molar-refractivity contribution is 7.09. The number of hydrogen-bond donors (Lipinski definition) is 0. The summed E-state index contributed by atoms with van der Waals surface area (Å²) in [4.78, 5) is 15.2. The van der Waals surface area contributed by atoms with Gasteiger partial charge in [-0.1, -0.05) is 17.7 Å². The summed E-state index contributed by atoms with van der Waals surface area (Å²) in [5.41, 5.74) is 0.967. The smallest absolute Gasteiger partial charge is 0.260 e. The van der Waals surface area contributed by atoms with Crippen LogP contribution >= 0.6 is 22.9 Å². The fraction of sp³-hybridized carbons (Fsp3) is 0.267. The molecule has 0 bridgehead atoms. The molecule has 5 heteroatoms. The van der Waals surface area contributed by atoms with Crippen molar-refractivity contribution in [1.29, 1.82) is 0 Å². The Bertz CT molecular complexity index is 612. The summed E-state index contributed by atoms with van der Waals surface area (Å²) >= 11 is 7.73. The molecule has 0 aliphatic carbocycles. The van der Waals surface area contributed by atoms with Gasteiger partial charge in [0.05, 0.1) is 0 Å². The van der Waals surface area contributed by atoms with Gasteiger partial charge in [0.15, 0.2) is 6.61 Å². The van der Waals surface area contributed by atoms with Crippen molar-refractivity contribution in [2.45, 2.75) is 13.0 Å². The summed E-state index contributed by atoms with van der Waals surface area (Å²) in [5.74, 6) is 0.773. The number of thiophene rings is 1. The Morgan fingerprint density at radius 1 is 1.35 bits per heavy atom. The Kier molecular flexibility index (Phi) is 3.94. The molecule has 3 nitrogen and oxygen atoms in total. The highest BCUT2D eigenvalue weighted by Crippen LogP contribution is 2.26. The summed E-state index contributed by atoms with van der Waals surface area (Å²) in [6.45, 7) is 1.35. The lowest BCUT2D eigenvalue weighted by Crippen LogP contribution is -2.33. The number of rotatable bonds is 3. The number of ether oxygens (including phenoxy) is 1. The van der Waals surface area contributed by atoms with Gasteiger partial charge in [0, 0.05) is 28.6 Å². The molecule has 0 atom stereocenters. The number of carbonyl (C=O) groups excluding carboxylic acids is 1. The van der Waals surface area contributed by atoms with E-state index in [1.54, 1.807) is 17.4 Å². The minimum Gasteiger partial charge on any atom is -0.483 e. The molecule has 1 aromatic heterocycles. The van der Waals surface area contributed by atoms with Crippen molar-refractivity contribution in [2.24, 2.45) is 0 Å².